The zero-order valence-corrected chi connectivity index (χ0v) is 14.5. The van der Waals surface area contributed by atoms with Gasteiger partial charge in [0, 0.05) is 5.69 Å². The average Bonchev–Trinajstić information content (AvgIpc) is 2.55. The largest absolute Gasteiger partial charge is 0.497 e. The van der Waals surface area contributed by atoms with Crippen molar-refractivity contribution >= 4 is 11.6 Å². The van der Waals surface area contributed by atoms with Gasteiger partial charge in [-0.05, 0) is 49.6 Å². The van der Waals surface area contributed by atoms with Crippen LogP contribution >= 0.6 is 0 Å². The summed E-state index contributed by atoms with van der Waals surface area (Å²) in [6.07, 6.45) is 0. The molecular formula is C20H23NO3. The summed E-state index contributed by atoms with van der Waals surface area (Å²) in [5.41, 5.74) is 5.14. The fourth-order valence-corrected chi connectivity index (χ4v) is 3.74. The lowest BCUT2D eigenvalue weighted by atomic mass is 9.80. The maximum absolute atomic E-state index is 12.9. The topological polar surface area (TPSA) is 49.8 Å². The quantitative estimate of drug-likeness (QED) is 0.879. The molecule has 0 aliphatic carbocycles. The van der Waals surface area contributed by atoms with Gasteiger partial charge in [-0.15, -0.1) is 0 Å². The van der Waals surface area contributed by atoms with Gasteiger partial charge in [0.25, 0.3) is 0 Å². The van der Waals surface area contributed by atoms with E-state index in [1.807, 2.05) is 45.0 Å². The number of anilines is 1. The van der Waals surface area contributed by atoms with E-state index in [4.69, 9.17) is 4.74 Å². The number of aliphatic hydroxyl groups is 1. The van der Waals surface area contributed by atoms with Gasteiger partial charge in [0.2, 0.25) is 5.91 Å². The number of aryl methyl sites for hydroxylation is 3. The van der Waals surface area contributed by atoms with Crippen molar-refractivity contribution in [3.63, 3.8) is 0 Å². The number of amides is 1. The Hall–Kier alpha value is -2.33. The Kier molecular flexibility index (Phi) is 4.33. The fourth-order valence-electron chi connectivity index (χ4n) is 3.74. The third-order valence-corrected chi connectivity index (χ3v) is 4.76. The lowest BCUT2D eigenvalue weighted by Crippen LogP contribution is -2.61. The highest BCUT2D eigenvalue weighted by atomic mass is 16.5. The number of ether oxygens (including phenoxy) is 1. The predicted octanol–water partition coefficient (Wildman–Crippen LogP) is 3.11. The number of β-lactam (4-membered cyclic amide) rings is 1. The fraction of sp³-hybridized carbons (Fsp3) is 0.350. The molecule has 4 heteroatoms. The molecule has 0 spiro atoms. The van der Waals surface area contributed by atoms with Crippen molar-refractivity contribution in [1.82, 2.24) is 0 Å². The minimum atomic E-state index is -0.305. The first-order chi connectivity index (χ1) is 11.5. The van der Waals surface area contributed by atoms with Crippen LogP contribution in [0.2, 0.25) is 0 Å². The molecule has 1 amide bonds. The summed E-state index contributed by atoms with van der Waals surface area (Å²) in [7, 11) is 1.62. The van der Waals surface area contributed by atoms with E-state index in [1.165, 1.54) is 5.56 Å². The number of hydrogen-bond acceptors (Lipinski definition) is 3. The number of carbonyl (C=O) groups excluding carboxylic acids is 1. The van der Waals surface area contributed by atoms with E-state index in [2.05, 4.69) is 12.1 Å². The molecule has 1 aliphatic heterocycles. The van der Waals surface area contributed by atoms with E-state index in [0.717, 1.165) is 28.1 Å². The van der Waals surface area contributed by atoms with E-state index in [0.29, 0.717) is 0 Å². The Morgan fingerprint density at radius 2 is 1.67 bits per heavy atom. The number of carbonyl (C=O) groups is 1. The number of hydrogen-bond donors (Lipinski definition) is 1. The molecule has 0 aromatic heterocycles. The summed E-state index contributed by atoms with van der Waals surface area (Å²) < 4.78 is 5.17. The van der Waals surface area contributed by atoms with Crippen LogP contribution in [-0.4, -0.2) is 30.8 Å². The Bertz CT molecular complexity index is 744. The van der Waals surface area contributed by atoms with Crippen LogP contribution in [-0.2, 0) is 4.79 Å². The third-order valence-electron chi connectivity index (χ3n) is 4.76. The zero-order valence-electron chi connectivity index (χ0n) is 14.5. The highest BCUT2D eigenvalue weighted by molar-refractivity contribution is 6.07. The molecule has 2 aromatic carbocycles. The third kappa shape index (κ3) is 2.57. The van der Waals surface area contributed by atoms with Crippen LogP contribution < -0.4 is 9.64 Å². The standard InChI is InChI=1S/C20H23NO3/c1-12-9-13(2)19(14(3)10-12)21-17(11-22)18(20(21)23)15-5-7-16(24-4)8-6-15/h5-10,17-18,22H,11H2,1-4H3/t17-,18+/m0/s1. The molecule has 1 saturated heterocycles. The van der Waals surface area contributed by atoms with Crippen molar-refractivity contribution in [3.05, 3.63) is 58.7 Å². The lowest BCUT2D eigenvalue weighted by molar-refractivity contribution is -0.127. The second-order valence-electron chi connectivity index (χ2n) is 6.46. The highest BCUT2D eigenvalue weighted by Crippen LogP contribution is 2.42. The molecule has 4 nitrogen and oxygen atoms in total. The first-order valence-corrected chi connectivity index (χ1v) is 8.13. The molecule has 2 atom stereocenters. The highest BCUT2D eigenvalue weighted by Gasteiger charge is 2.49. The Morgan fingerprint density at radius 1 is 1.08 bits per heavy atom. The second kappa shape index (κ2) is 6.29. The molecule has 1 aliphatic rings. The summed E-state index contributed by atoms with van der Waals surface area (Å²) in [4.78, 5) is 14.6. The summed E-state index contributed by atoms with van der Waals surface area (Å²) in [6, 6.07) is 11.4. The predicted molar refractivity (Wildman–Crippen MR) is 94.7 cm³/mol. The molecule has 126 valence electrons. The van der Waals surface area contributed by atoms with Gasteiger partial charge in [0.1, 0.15) is 5.75 Å². The molecule has 2 aromatic rings. The lowest BCUT2D eigenvalue weighted by Gasteiger charge is -2.47. The van der Waals surface area contributed by atoms with Crippen molar-refractivity contribution < 1.29 is 14.6 Å². The van der Waals surface area contributed by atoms with Gasteiger partial charge in [0.15, 0.2) is 0 Å². The molecule has 0 unspecified atom stereocenters. The number of methoxy groups -OCH3 is 1. The number of benzene rings is 2. The van der Waals surface area contributed by atoms with Crippen LogP contribution in [0, 0.1) is 20.8 Å². The Morgan fingerprint density at radius 3 is 2.17 bits per heavy atom. The summed E-state index contributed by atoms with van der Waals surface area (Å²) in [5, 5.41) is 9.89. The molecule has 1 heterocycles. The number of nitrogens with zero attached hydrogens (tertiary/aromatic N) is 1. The van der Waals surface area contributed by atoms with E-state index < -0.39 is 0 Å². The van der Waals surface area contributed by atoms with Crippen LogP contribution in [0.4, 0.5) is 5.69 Å². The molecule has 0 bridgehead atoms. The van der Waals surface area contributed by atoms with Crippen LogP contribution in [0.3, 0.4) is 0 Å². The minimum absolute atomic E-state index is 0.0364. The van der Waals surface area contributed by atoms with Gasteiger partial charge in [-0.3, -0.25) is 4.79 Å². The van der Waals surface area contributed by atoms with Crippen LogP contribution in [0.25, 0.3) is 0 Å². The second-order valence-corrected chi connectivity index (χ2v) is 6.46. The first kappa shape index (κ1) is 16.5. The monoisotopic (exact) mass is 325 g/mol. The maximum atomic E-state index is 12.9. The van der Waals surface area contributed by atoms with Gasteiger partial charge < -0.3 is 14.7 Å². The van der Waals surface area contributed by atoms with Crippen molar-refractivity contribution in [3.8, 4) is 5.75 Å². The Balaban J connectivity index is 1.94. The molecule has 3 rings (SSSR count). The molecule has 0 radical (unpaired) electrons. The molecular weight excluding hydrogens is 302 g/mol. The maximum Gasteiger partial charge on any atom is 0.237 e. The Labute approximate surface area is 142 Å². The van der Waals surface area contributed by atoms with E-state index in [-0.39, 0.29) is 24.5 Å². The summed E-state index contributed by atoms with van der Waals surface area (Å²) >= 11 is 0. The van der Waals surface area contributed by atoms with E-state index >= 15 is 0 Å². The number of rotatable bonds is 4. The summed E-state index contributed by atoms with van der Waals surface area (Å²) in [6.45, 7) is 6.01. The summed E-state index contributed by atoms with van der Waals surface area (Å²) in [5.74, 6) is 0.489. The van der Waals surface area contributed by atoms with E-state index in [9.17, 15) is 9.90 Å². The van der Waals surface area contributed by atoms with Gasteiger partial charge in [-0.25, -0.2) is 0 Å². The van der Waals surface area contributed by atoms with Crippen molar-refractivity contribution in [1.29, 1.82) is 0 Å². The molecule has 24 heavy (non-hydrogen) atoms. The minimum Gasteiger partial charge on any atom is -0.497 e. The van der Waals surface area contributed by atoms with Crippen LogP contribution in [0.1, 0.15) is 28.2 Å². The van der Waals surface area contributed by atoms with Crippen LogP contribution in [0.5, 0.6) is 5.75 Å². The van der Waals surface area contributed by atoms with E-state index in [1.54, 1.807) is 12.0 Å². The van der Waals surface area contributed by atoms with Gasteiger partial charge in [0.05, 0.1) is 25.7 Å². The normalized spacial score (nSPS) is 20.0. The zero-order chi connectivity index (χ0) is 17.4. The van der Waals surface area contributed by atoms with Crippen LogP contribution in [0.15, 0.2) is 36.4 Å². The number of aliphatic hydroxyl groups excluding tert-OH is 1. The molecule has 1 N–H and O–H groups in total. The van der Waals surface area contributed by atoms with Gasteiger partial charge in [-0.1, -0.05) is 29.8 Å². The smallest absolute Gasteiger partial charge is 0.237 e. The van der Waals surface area contributed by atoms with Crippen molar-refractivity contribution in [2.75, 3.05) is 18.6 Å². The van der Waals surface area contributed by atoms with Crippen molar-refractivity contribution in [2.45, 2.75) is 32.7 Å². The first-order valence-electron chi connectivity index (χ1n) is 8.13. The molecule has 0 saturated carbocycles. The molecule has 1 fully saturated rings. The van der Waals surface area contributed by atoms with Crippen molar-refractivity contribution in [2.24, 2.45) is 0 Å². The van der Waals surface area contributed by atoms with Gasteiger partial charge in [-0.2, -0.15) is 0 Å². The SMILES string of the molecule is COc1ccc([C@H]2C(=O)N(c3c(C)cc(C)cc3C)[C@H]2CO)cc1. The average molecular weight is 325 g/mol. The van der Waals surface area contributed by atoms with Gasteiger partial charge >= 0.3 is 0 Å².